The van der Waals surface area contributed by atoms with Crippen molar-refractivity contribution in [1.29, 1.82) is 0 Å². The summed E-state index contributed by atoms with van der Waals surface area (Å²) in [5.41, 5.74) is 2.89. The van der Waals surface area contributed by atoms with Gasteiger partial charge in [0.25, 0.3) is 0 Å². The van der Waals surface area contributed by atoms with Crippen LogP contribution < -0.4 is 15.5 Å². The Bertz CT molecular complexity index is 821. The predicted molar refractivity (Wildman–Crippen MR) is 106 cm³/mol. The van der Waals surface area contributed by atoms with Gasteiger partial charge >= 0.3 is 6.18 Å². The van der Waals surface area contributed by atoms with E-state index in [1.165, 1.54) is 12.8 Å². The summed E-state index contributed by atoms with van der Waals surface area (Å²) in [5.74, 6) is -0.108. The molecule has 2 heterocycles. The Morgan fingerprint density at radius 2 is 2.04 bits per heavy atom. The fraction of sp³-hybridized carbons (Fsp3) is 0.471. The molecule has 11 heteroatoms. The van der Waals surface area contributed by atoms with Crippen molar-refractivity contribution >= 4 is 45.5 Å². The molecule has 1 aliphatic heterocycles. The summed E-state index contributed by atoms with van der Waals surface area (Å²) in [7, 11) is 0. The molecule has 1 aromatic heterocycles. The Kier molecular flexibility index (Phi) is 6.65. The maximum Gasteiger partial charge on any atom is 0.405 e. The van der Waals surface area contributed by atoms with Crippen LogP contribution in [0.15, 0.2) is 22.5 Å². The zero-order valence-electron chi connectivity index (χ0n) is 15.2. The number of halogens is 3. The standard InChI is InChI=1S/C17H20F3N5OS2/c1-11-8-12(25-6-2-3-7-25)4-5-13(11)22-14(26)9-27-16-24-23-15(28-16)21-10-17(18,19)20/h4-5,8H,2-3,6-7,9-10H2,1H3,(H,21,23)(H,22,26). The van der Waals surface area contributed by atoms with E-state index in [4.69, 9.17) is 0 Å². The fourth-order valence-corrected chi connectivity index (χ4v) is 4.34. The highest BCUT2D eigenvalue weighted by atomic mass is 32.2. The van der Waals surface area contributed by atoms with Crippen LogP contribution in [0.4, 0.5) is 29.7 Å². The quantitative estimate of drug-likeness (QED) is 0.642. The molecule has 0 bridgehead atoms. The number of hydrogen-bond donors (Lipinski definition) is 2. The molecule has 0 aliphatic carbocycles. The number of nitrogens with one attached hydrogen (secondary N) is 2. The molecule has 0 saturated carbocycles. The van der Waals surface area contributed by atoms with E-state index in [1.807, 2.05) is 19.1 Å². The van der Waals surface area contributed by atoms with Gasteiger partial charge in [0.2, 0.25) is 11.0 Å². The number of anilines is 3. The first-order valence-corrected chi connectivity index (χ1v) is 10.5. The van der Waals surface area contributed by atoms with Crippen molar-refractivity contribution in [3.63, 3.8) is 0 Å². The molecule has 0 atom stereocenters. The molecule has 1 amide bonds. The number of carbonyl (C=O) groups excluding carboxylic acids is 1. The average molecular weight is 432 g/mol. The largest absolute Gasteiger partial charge is 0.405 e. The Labute approximate surface area is 168 Å². The highest BCUT2D eigenvalue weighted by molar-refractivity contribution is 8.01. The zero-order chi connectivity index (χ0) is 20.1. The molecule has 3 rings (SSSR count). The third-order valence-corrected chi connectivity index (χ3v) is 6.14. The van der Waals surface area contributed by atoms with E-state index in [9.17, 15) is 18.0 Å². The molecule has 0 radical (unpaired) electrons. The molecule has 2 N–H and O–H groups in total. The van der Waals surface area contributed by atoms with Gasteiger partial charge in [0.15, 0.2) is 4.34 Å². The number of rotatable bonds is 7. The Morgan fingerprint density at radius 1 is 1.29 bits per heavy atom. The molecular formula is C17H20F3N5OS2. The van der Waals surface area contributed by atoms with Gasteiger partial charge < -0.3 is 15.5 Å². The fourth-order valence-electron chi connectivity index (χ4n) is 2.79. The van der Waals surface area contributed by atoms with Gasteiger partial charge in [0.1, 0.15) is 6.54 Å². The van der Waals surface area contributed by atoms with E-state index in [0.717, 1.165) is 53.1 Å². The van der Waals surface area contributed by atoms with Crippen molar-refractivity contribution in [2.45, 2.75) is 30.3 Å². The zero-order valence-corrected chi connectivity index (χ0v) is 16.8. The second kappa shape index (κ2) is 8.99. The van der Waals surface area contributed by atoms with Crippen molar-refractivity contribution in [2.24, 2.45) is 0 Å². The lowest BCUT2D eigenvalue weighted by Gasteiger charge is -2.19. The average Bonchev–Trinajstić information content (AvgIpc) is 3.31. The molecule has 1 fully saturated rings. The van der Waals surface area contributed by atoms with Gasteiger partial charge in [-0.15, -0.1) is 10.2 Å². The Balaban J connectivity index is 1.48. The summed E-state index contributed by atoms with van der Waals surface area (Å²) in [6.07, 6.45) is -1.91. The minimum atomic E-state index is -4.32. The smallest absolute Gasteiger partial charge is 0.372 e. The summed E-state index contributed by atoms with van der Waals surface area (Å²) < 4.78 is 37.0. The van der Waals surface area contributed by atoms with E-state index in [1.54, 1.807) is 0 Å². The van der Waals surface area contributed by atoms with E-state index < -0.39 is 12.7 Å². The second-order valence-corrected chi connectivity index (χ2v) is 8.57. The lowest BCUT2D eigenvalue weighted by molar-refractivity contribution is -0.115. The highest BCUT2D eigenvalue weighted by Crippen LogP contribution is 2.28. The summed E-state index contributed by atoms with van der Waals surface area (Å²) in [4.78, 5) is 14.5. The SMILES string of the molecule is Cc1cc(N2CCCC2)ccc1NC(=O)CSc1nnc(NCC(F)(F)F)s1. The van der Waals surface area contributed by atoms with Crippen LogP contribution in [-0.2, 0) is 4.79 Å². The Morgan fingerprint density at radius 3 is 2.71 bits per heavy atom. The minimum Gasteiger partial charge on any atom is -0.372 e. The lowest BCUT2D eigenvalue weighted by atomic mass is 10.1. The molecular weight excluding hydrogens is 411 g/mol. The third kappa shape index (κ3) is 5.99. The first-order valence-electron chi connectivity index (χ1n) is 8.72. The molecule has 2 aromatic rings. The molecule has 6 nitrogen and oxygen atoms in total. The summed E-state index contributed by atoms with van der Waals surface area (Å²) in [6, 6.07) is 5.97. The van der Waals surface area contributed by atoms with Crippen LogP contribution in [-0.4, -0.2) is 47.7 Å². The monoisotopic (exact) mass is 431 g/mol. The van der Waals surface area contributed by atoms with Crippen LogP contribution in [0.3, 0.4) is 0 Å². The van der Waals surface area contributed by atoms with Gasteiger partial charge in [-0.1, -0.05) is 23.1 Å². The highest BCUT2D eigenvalue weighted by Gasteiger charge is 2.27. The van der Waals surface area contributed by atoms with Crippen molar-refractivity contribution in [2.75, 3.05) is 40.9 Å². The maximum absolute atomic E-state index is 12.2. The lowest BCUT2D eigenvalue weighted by Crippen LogP contribution is -2.21. The van der Waals surface area contributed by atoms with Crippen LogP contribution in [0.5, 0.6) is 0 Å². The summed E-state index contributed by atoms with van der Waals surface area (Å²) in [6.45, 7) is 2.90. The van der Waals surface area contributed by atoms with Crippen LogP contribution in [0.1, 0.15) is 18.4 Å². The van der Waals surface area contributed by atoms with E-state index in [0.29, 0.717) is 4.34 Å². The van der Waals surface area contributed by atoms with Crippen LogP contribution in [0, 0.1) is 6.92 Å². The molecule has 0 spiro atoms. The maximum atomic E-state index is 12.2. The number of benzene rings is 1. The van der Waals surface area contributed by atoms with Crippen LogP contribution >= 0.6 is 23.1 Å². The normalized spacial score (nSPS) is 14.4. The first kappa shape index (κ1) is 20.7. The molecule has 0 unspecified atom stereocenters. The number of amides is 1. The summed E-state index contributed by atoms with van der Waals surface area (Å²) in [5, 5.41) is 12.5. The van der Waals surface area contributed by atoms with Crippen molar-refractivity contribution in [3.05, 3.63) is 23.8 Å². The number of nitrogens with zero attached hydrogens (tertiary/aromatic N) is 3. The first-order chi connectivity index (χ1) is 13.3. The number of aryl methyl sites for hydroxylation is 1. The van der Waals surface area contributed by atoms with Crippen molar-refractivity contribution in [3.8, 4) is 0 Å². The molecule has 152 valence electrons. The van der Waals surface area contributed by atoms with Gasteiger partial charge in [-0.3, -0.25) is 4.79 Å². The van der Waals surface area contributed by atoms with Gasteiger partial charge in [-0.05, 0) is 43.5 Å². The van der Waals surface area contributed by atoms with Gasteiger partial charge in [0, 0.05) is 24.5 Å². The number of thioether (sulfide) groups is 1. The topological polar surface area (TPSA) is 70.2 Å². The molecule has 1 aromatic carbocycles. The van der Waals surface area contributed by atoms with Gasteiger partial charge in [-0.25, -0.2) is 0 Å². The summed E-state index contributed by atoms with van der Waals surface area (Å²) >= 11 is 2.12. The Hall–Kier alpha value is -2.01. The number of alkyl halides is 3. The van der Waals surface area contributed by atoms with Crippen LogP contribution in [0.2, 0.25) is 0 Å². The number of aromatic nitrogens is 2. The third-order valence-electron chi connectivity index (χ3n) is 4.13. The number of carbonyl (C=O) groups is 1. The van der Waals surface area contributed by atoms with Gasteiger partial charge in [-0.2, -0.15) is 13.2 Å². The van der Waals surface area contributed by atoms with E-state index >= 15 is 0 Å². The molecule has 28 heavy (non-hydrogen) atoms. The minimum absolute atomic E-state index is 0.0774. The van der Waals surface area contributed by atoms with Crippen LogP contribution in [0.25, 0.3) is 0 Å². The van der Waals surface area contributed by atoms with E-state index in [-0.39, 0.29) is 16.8 Å². The second-order valence-electron chi connectivity index (χ2n) is 6.37. The number of hydrogen-bond acceptors (Lipinski definition) is 7. The molecule has 1 aliphatic rings. The van der Waals surface area contributed by atoms with E-state index in [2.05, 4.69) is 31.8 Å². The predicted octanol–water partition coefficient (Wildman–Crippen LogP) is 4.15. The molecule has 1 saturated heterocycles. The van der Waals surface area contributed by atoms with Gasteiger partial charge in [0.05, 0.1) is 5.75 Å². The van der Waals surface area contributed by atoms with Crippen molar-refractivity contribution in [1.82, 2.24) is 10.2 Å². The van der Waals surface area contributed by atoms with Crippen molar-refractivity contribution < 1.29 is 18.0 Å².